The Kier molecular flexibility index (Phi) is 10.2. The largest absolute Gasteiger partial charge is 0.147 e. The molecule has 0 aromatic heterocycles. The Balaban J connectivity index is 0.00000385. The fraction of sp³-hybridized carbons (Fsp3) is 0.571. The fourth-order valence-corrected chi connectivity index (χ4v) is 9.79. The quantitative estimate of drug-likeness (QED) is 0.347. The predicted molar refractivity (Wildman–Crippen MR) is 143 cm³/mol. The molecule has 2 aromatic carbocycles. The minimum Gasteiger partial charge on any atom is -0.147 e. The molecule has 1 aliphatic carbocycles. The zero-order valence-electron chi connectivity index (χ0n) is 21.7. The molecule has 33 heavy (non-hydrogen) atoms. The van der Waals surface area contributed by atoms with Gasteiger partial charge >= 0.3 is 203 Å². The topological polar surface area (TPSA) is 18.5 Å². The van der Waals surface area contributed by atoms with Gasteiger partial charge < -0.3 is 0 Å². The van der Waals surface area contributed by atoms with Crippen molar-refractivity contribution in [1.82, 2.24) is 0 Å². The zero-order chi connectivity index (χ0) is 23.5. The molecule has 1 saturated carbocycles. The van der Waals surface area contributed by atoms with Gasteiger partial charge in [0, 0.05) is 0 Å². The van der Waals surface area contributed by atoms with E-state index in [-0.39, 0.29) is 23.2 Å². The average molecular weight is 530 g/mol. The van der Waals surface area contributed by atoms with Crippen LogP contribution >= 0.6 is 19.6 Å². The van der Waals surface area contributed by atoms with Crippen molar-refractivity contribution in [1.29, 1.82) is 0 Å². The Labute approximate surface area is 215 Å². The molecule has 0 spiro atoms. The van der Waals surface area contributed by atoms with Gasteiger partial charge in [-0.05, 0) is 0 Å². The molecule has 0 heterocycles. The first-order valence-corrected chi connectivity index (χ1v) is 16.0. The van der Waals surface area contributed by atoms with Gasteiger partial charge in [-0.25, -0.2) is 0 Å². The second-order valence-electron chi connectivity index (χ2n) is 11.4. The molecule has 0 saturated heterocycles. The summed E-state index contributed by atoms with van der Waals surface area (Å²) in [5.41, 5.74) is 5.94. The summed E-state index contributed by atoms with van der Waals surface area (Å²) < 4.78 is 13.7. The Morgan fingerprint density at radius 1 is 0.727 bits per heavy atom. The molecule has 5 heteroatoms. The summed E-state index contributed by atoms with van der Waals surface area (Å²) in [6.07, 6.45) is 6.74. The van der Waals surface area contributed by atoms with E-state index in [1.54, 1.807) is 0 Å². The first-order valence-electron chi connectivity index (χ1n) is 12.0. The van der Waals surface area contributed by atoms with Crippen LogP contribution in [-0.4, -0.2) is 5.66 Å². The Morgan fingerprint density at radius 3 is 1.55 bits per heavy atom. The van der Waals surface area contributed by atoms with Crippen molar-refractivity contribution in [3.05, 3.63) is 58.7 Å². The molecule has 1 atom stereocenters. The van der Waals surface area contributed by atoms with Crippen LogP contribution in [0, 0.1) is 13.8 Å². The minimum atomic E-state index is -1.79. The van der Waals surface area contributed by atoms with Gasteiger partial charge in [0.1, 0.15) is 0 Å². The predicted octanol–water partition coefficient (Wildman–Crippen LogP) is 9.15. The van der Waals surface area contributed by atoms with Crippen LogP contribution in [0.1, 0.15) is 95.9 Å². The molecule has 185 valence electrons. The maximum atomic E-state index is 6.85. The number of hydrogen-bond acceptors (Lipinski definition) is 2. The van der Waals surface area contributed by atoms with Crippen molar-refractivity contribution in [3.63, 3.8) is 0 Å². The first-order chi connectivity index (χ1) is 14.9. The Bertz CT molecular complexity index is 846. The fourth-order valence-electron chi connectivity index (χ4n) is 4.19. The monoisotopic (exact) mass is 529 g/mol. The van der Waals surface area contributed by atoms with Gasteiger partial charge in [0.25, 0.3) is 0 Å². The number of halogens is 1. The maximum absolute atomic E-state index is 6.85. The third-order valence-corrected chi connectivity index (χ3v) is 11.4. The van der Waals surface area contributed by atoms with E-state index in [9.17, 15) is 0 Å². The van der Waals surface area contributed by atoms with E-state index in [1.165, 1.54) is 54.4 Å². The summed E-state index contributed by atoms with van der Waals surface area (Å²) in [6, 6.07) is 13.2. The molecule has 1 aliphatic rings. The van der Waals surface area contributed by atoms with E-state index in [4.69, 9.17) is 7.58 Å². The number of rotatable bonds is 6. The molecule has 0 bridgehead atoms. The van der Waals surface area contributed by atoms with Crippen LogP contribution in [0.2, 0.25) is 0 Å². The second-order valence-corrected chi connectivity index (χ2v) is 16.1. The van der Waals surface area contributed by atoms with Gasteiger partial charge in [0.2, 0.25) is 0 Å². The Hall–Kier alpha value is -0.708. The van der Waals surface area contributed by atoms with Gasteiger partial charge in [0.05, 0.1) is 0 Å². The van der Waals surface area contributed by atoms with Crippen molar-refractivity contribution >= 4 is 19.6 Å². The van der Waals surface area contributed by atoms with Crippen molar-refractivity contribution in [2.75, 3.05) is 0 Å². The smallest absolute Gasteiger partial charge is 0.147 e. The third-order valence-electron chi connectivity index (χ3n) is 6.09. The first kappa shape index (κ1) is 28.5. The molecule has 1 unspecified atom stereocenters. The number of benzene rings is 2. The number of aryl methyl sites for hydroxylation is 2. The van der Waals surface area contributed by atoms with E-state index in [0.29, 0.717) is 0 Å². The molecule has 0 N–H and O–H groups in total. The van der Waals surface area contributed by atoms with Gasteiger partial charge in [0.15, 0.2) is 0 Å². The van der Waals surface area contributed by atoms with Gasteiger partial charge in [-0.1, -0.05) is 0 Å². The molecule has 2 nitrogen and oxygen atoms in total. The summed E-state index contributed by atoms with van der Waals surface area (Å²) in [6.45, 7) is 17.9. The van der Waals surface area contributed by atoms with E-state index < -0.39 is 14.4 Å². The summed E-state index contributed by atoms with van der Waals surface area (Å²) in [7, 11) is 0.758. The van der Waals surface area contributed by atoms with Crippen molar-refractivity contribution < 1.29 is 21.9 Å². The van der Waals surface area contributed by atoms with Crippen LogP contribution in [0.3, 0.4) is 0 Å². The van der Waals surface area contributed by atoms with Crippen molar-refractivity contribution in [2.45, 2.75) is 104 Å². The van der Waals surface area contributed by atoms with E-state index in [1.807, 2.05) is 0 Å². The Morgan fingerprint density at radius 2 is 1.15 bits per heavy atom. The standard InChI is InChI=1S/2C11H16O.C6H12P.ClH.Cr/c2*1-8-5-6-10(12)9(7-8)11(2,3)4;7-6-4-2-1-3-5-6;;/h2*5-7,12H,1-4H3;6-7H,1-5H2;1H;/q;;-1;;+3/p-2. The van der Waals surface area contributed by atoms with Gasteiger partial charge in [-0.15, -0.1) is 12.4 Å². The van der Waals surface area contributed by atoms with Crippen LogP contribution in [0.15, 0.2) is 36.4 Å². The molecule has 2 aromatic rings. The van der Waals surface area contributed by atoms with E-state index in [2.05, 4.69) is 91.8 Å². The molecule has 0 radical (unpaired) electrons. The summed E-state index contributed by atoms with van der Waals surface area (Å²) in [4.78, 5) is 0. The van der Waals surface area contributed by atoms with E-state index >= 15 is 0 Å². The SMILES string of the molecule is Cc1ccc([O][Cr]([O]c2ccc(C)cc2C(C)(C)C)[PH]C2CCCCC2)c(C(C)(C)C)c1.Cl. The van der Waals surface area contributed by atoms with Gasteiger partial charge in [-0.3, -0.25) is 0 Å². The number of hydrogen-bond donors (Lipinski definition) is 0. The third kappa shape index (κ3) is 8.18. The van der Waals surface area contributed by atoms with E-state index in [0.717, 1.165) is 24.4 Å². The summed E-state index contributed by atoms with van der Waals surface area (Å²) >= 11 is -1.79. The molecule has 0 amide bonds. The van der Waals surface area contributed by atoms with Crippen LogP contribution < -0.4 is 7.58 Å². The molecular formula is C28H43ClCrO2P. The van der Waals surface area contributed by atoms with Crippen molar-refractivity contribution in [2.24, 2.45) is 0 Å². The molecule has 1 fully saturated rings. The second kappa shape index (κ2) is 11.8. The summed E-state index contributed by atoms with van der Waals surface area (Å²) in [5, 5.41) is 0. The zero-order valence-corrected chi connectivity index (χ0v) is 24.8. The molecule has 0 aliphatic heterocycles. The van der Waals surface area contributed by atoms with Crippen LogP contribution in [0.4, 0.5) is 0 Å². The normalized spacial score (nSPS) is 15.7. The summed E-state index contributed by atoms with van der Waals surface area (Å²) in [5.74, 6) is 2.03. The van der Waals surface area contributed by atoms with Gasteiger partial charge in [-0.2, -0.15) is 0 Å². The molecule has 3 rings (SSSR count). The van der Waals surface area contributed by atoms with Crippen LogP contribution in [-0.2, 0) is 25.2 Å². The molecular weight excluding hydrogens is 487 g/mol. The maximum Gasteiger partial charge on any atom is -0.147 e. The van der Waals surface area contributed by atoms with Crippen molar-refractivity contribution in [3.8, 4) is 11.5 Å². The minimum absolute atomic E-state index is 0. The van der Waals surface area contributed by atoms with Crippen LogP contribution in [0.5, 0.6) is 11.5 Å². The van der Waals surface area contributed by atoms with Crippen LogP contribution in [0.25, 0.3) is 0 Å². The average Bonchev–Trinajstić information content (AvgIpc) is 2.70.